The smallest absolute Gasteiger partial charge is 0.133 e. The fraction of sp³-hybridized carbons (Fsp3) is 0.375. The maximum absolute atomic E-state index is 6.23. The second-order valence-electron chi connectivity index (χ2n) is 4.94. The maximum atomic E-state index is 6.23. The molecule has 2 nitrogen and oxygen atoms in total. The van der Waals surface area contributed by atoms with Crippen LogP contribution >= 0.6 is 23.1 Å². The zero-order valence-corrected chi connectivity index (χ0v) is 13.4. The number of rotatable bonds is 4. The van der Waals surface area contributed by atoms with Crippen molar-refractivity contribution in [3.05, 3.63) is 46.2 Å². The number of hydrogen-bond acceptors (Lipinski definition) is 4. The highest BCUT2D eigenvalue weighted by Crippen LogP contribution is 2.38. The van der Waals surface area contributed by atoms with Crippen LogP contribution in [0.3, 0.4) is 0 Å². The zero-order chi connectivity index (χ0) is 13.9. The number of thiophene rings is 1. The molecule has 0 aliphatic carbocycles. The van der Waals surface area contributed by atoms with E-state index in [4.69, 9.17) is 4.74 Å². The van der Waals surface area contributed by atoms with Gasteiger partial charge in [-0.05, 0) is 42.6 Å². The predicted molar refractivity (Wildman–Crippen MR) is 87.1 cm³/mol. The van der Waals surface area contributed by atoms with Gasteiger partial charge in [0.05, 0.1) is 6.04 Å². The monoisotopic (exact) mass is 305 g/mol. The van der Waals surface area contributed by atoms with Gasteiger partial charge in [-0.25, -0.2) is 0 Å². The number of aryl methyl sites for hydroxylation is 1. The van der Waals surface area contributed by atoms with Gasteiger partial charge in [0.2, 0.25) is 0 Å². The van der Waals surface area contributed by atoms with Crippen LogP contribution in [-0.4, -0.2) is 18.4 Å². The van der Waals surface area contributed by atoms with Gasteiger partial charge in [0.25, 0.3) is 0 Å². The van der Waals surface area contributed by atoms with Gasteiger partial charge in [-0.2, -0.15) is 0 Å². The van der Waals surface area contributed by atoms with Crippen LogP contribution in [0.1, 0.15) is 23.4 Å². The van der Waals surface area contributed by atoms with E-state index in [-0.39, 0.29) is 12.1 Å². The predicted octanol–water partition coefficient (Wildman–Crippen LogP) is 4.26. The third kappa shape index (κ3) is 2.87. The summed E-state index contributed by atoms with van der Waals surface area (Å²) in [6, 6.07) is 10.8. The van der Waals surface area contributed by atoms with E-state index < -0.39 is 0 Å². The molecule has 3 rings (SSSR count). The van der Waals surface area contributed by atoms with Gasteiger partial charge in [0.15, 0.2) is 0 Å². The standard InChI is InChI=1S/C16H19NOS2/c1-3-17-16(12-8-11(2)19-9-12)14-10-20-15-7-5-4-6-13(15)18-14/h4-9,14,16-17H,3,10H2,1-2H3. The Morgan fingerprint density at radius 1 is 1.40 bits per heavy atom. The van der Waals surface area contributed by atoms with Crippen molar-refractivity contribution in [2.24, 2.45) is 0 Å². The lowest BCUT2D eigenvalue weighted by Crippen LogP contribution is -2.38. The Bertz CT molecular complexity index is 581. The van der Waals surface area contributed by atoms with Crippen molar-refractivity contribution in [3.8, 4) is 5.75 Å². The Balaban J connectivity index is 1.83. The first-order chi connectivity index (χ1) is 9.78. The van der Waals surface area contributed by atoms with Crippen molar-refractivity contribution < 1.29 is 4.74 Å². The molecule has 2 atom stereocenters. The molecule has 0 bridgehead atoms. The lowest BCUT2D eigenvalue weighted by Gasteiger charge is -2.32. The van der Waals surface area contributed by atoms with Crippen LogP contribution in [0.25, 0.3) is 0 Å². The van der Waals surface area contributed by atoms with Crippen LogP contribution in [0.4, 0.5) is 0 Å². The van der Waals surface area contributed by atoms with Crippen LogP contribution < -0.4 is 10.1 Å². The minimum absolute atomic E-state index is 0.184. The molecule has 4 heteroatoms. The van der Waals surface area contributed by atoms with E-state index in [1.165, 1.54) is 15.3 Å². The summed E-state index contributed by atoms with van der Waals surface area (Å²) in [5.74, 6) is 2.01. The number of likely N-dealkylation sites (N-methyl/N-ethyl adjacent to an activating group) is 1. The Labute approximate surface area is 128 Å². The molecule has 1 aromatic carbocycles. The molecule has 0 radical (unpaired) electrons. The summed E-state index contributed by atoms with van der Waals surface area (Å²) in [5, 5.41) is 5.83. The first kappa shape index (κ1) is 14.0. The third-order valence-corrected chi connectivity index (χ3v) is 5.46. The highest BCUT2D eigenvalue weighted by Gasteiger charge is 2.29. The number of nitrogens with one attached hydrogen (secondary N) is 1. The number of para-hydroxylation sites is 1. The molecule has 1 aromatic heterocycles. The summed E-state index contributed by atoms with van der Waals surface area (Å²) in [4.78, 5) is 2.60. The highest BCUT2D eigenvalue weighted by molar-refractivity contribution is 7.99. The number of fused-ring (bicyclic) bond motifs is 1. The molecule has 0 saturated heterocycles. The molecule has 1 N–H and O–H groups in total. The Morgan fingerprint density at radius 2 is 2.25 bits per heavy atom. The molecule has 1 aliphatic heterocycles. The number of thioether (sulfide) groups is 1. The first-order valence-corrected chi connectivity index (χ1v) is 8.81. The fourth-order valence-corrected chi connectivity index (χ4v) is 4.29. The minimum Gasteiger partial charge on any atom is -0.486 e. The minimum atomic E-state index is 0.184. The highest BCUT2D eigenvalue weighted by atomic mass is 32.2. The van der Waals surface area contributed by atoms with Crippen LogP contribution in [0.15, 0.2) is 40.6 Å². The molecule has 0 fully saturated rings. The quantitative estimate of drug-likeness (QED) is 0.912. The topological polar surface area (TPSA) is 21.3 Å². The lowest BCUT2D eigenvalue weighted by atomic mass is 10.0. The SMILES string of the molecule is CCNC(c1csc(C)c1)C1CSc2ccccc2O1. The lowest BCUT2D eigenvalue weighted by molar-refractivity contribution is 0.167. The van der Waals surface area contributed by atoms with Gasteiger partial charge >= 0.3 is 0 Å². The molecule has 0 amide bonds. The molecule has 2 heterocycles. The summed E-state index contributed by atoms with van der Waals surface area (Å²) in [7, 11) is 0. The largest absolute Gasteiger partial charge is 0.486 e. The van der Waals surface area contributed by atoms with Gasteiger partial charge in [-0.1, -0.05) is 19.1 Å². The maximum Gasteiger partial charge on any atom is 0.133 e. The van der Waals surface area contributed by atoms with Gasteiger partial charge in [-0.3, -0.25) is 0 Å². The average molecular weight is 305 g/mol. The van der Waals surface area contributed by atoms with Gasteiger partial charge in [-0.15, -0.1) is 23.1 Å². The van der Waals surface area contributed by atoms with Crippen LogP contribution in [0, 0.1) is 6.92 Å². The Hall–Kier alpha value is -0.970. The summed E-state index contributed by atoms with van der Waals surface area (Å²) in [5.41, 5.74) is 1.35. The van der Waals surface area contributed by atoms with E-state index in [1.54, 1.807) is 11.3 Å². The van der Waals surface area contributed by atoms with E-state index in [1.807, 2.05) is 17.8 Å². The van der Waals surface area contributed by atoms with Crippen molar-refractivity contribution in [2.45, 2.75) is 30.9 Å². The Kier molecular flexibility index (Phi) is 4.34. The van der Waals surface area contributed by atoms with E-state index in [9.17, 15) is 0 Å². The molecule has 0 saturated carbocycles. The van der Waals surface area contributed by atoms with E-state index >= 15 is 0 Å². The summed E-state index contributed by atoms with van der Waals surface area (Å²) >= 11 is 3.70. The molecule has 1 aliphatic rings. The van der Waals surface area contributed by atoms with Crippen molar-refractivity contribution in [1.82, 2.24) is 5.32 Å². The number of hydrogen-bond donors (Lipinski definition) is 1. The first-order valence-electron chi connectivity index (χ1n) is 6.95. The van der Waals surface area contributed by atoms with Crippen molar-refractivity contribution in [1.29, 1.82) is 0 Å². The fourth-order valence-electron chi connectivity index (χ4n) is 2.51. The zero-order valence-electron chi connectivity index (χ0n) is 11.8. The number of ether oxygens (including phenoxy) is 1. The van der Waals surface area contributed by atoms with E-state index in [0.29, 0.717) is 0 Å². The molecule has 0 spiro atoms. The molecule has 20 heavy (non-hydrogen) atoms. The van der Waals surface area contributed by atoms with E-state index in [2.05, 4.69) is 48.8 Å². The second-order valence-corrected chi connectivity index (χ2v) is 7.12. The van der Waals surface area contributed by atoms with Crippen molar-refractivity contribution in [3.63, 3.8) is 0 Å². The molecular formula is C16H19NOS2. The summed E-state index contributed by atoms with van der Waals surface area (Å²) in [6.45, 7) is 5.25. The summed E-state index contributed by atoms with van der Waals surface area (Å²) in [6.07, 6.45) is 0.184. The third-order valence-electron chi connectivity index (χ3n) is 3.44. The second kappa shape index (κ2) is 6.20. The van der Waals surface area contributed by atoms with Crippen LogP contribution in [0.5, 0.6) is 5.75 Å². The summed E-state index contributed by atoms with van der Waals surface area (Å²) < 4.78 is 6.23. The van der Waals surface area contributed by atoms with Gasteiger partial charge in [0.1, 0.15) is 11.9 Å². The van der Waals surface area contributed by atoms with Crippen LogP contribution in [0.2, 0.25) is 0 Å². The molecule has 2 unspecified atom stereocenters. The number of benzene rings is 1. The molecule has 106 valence electrons. The van der Waals surface area contributed by atoms with Crippen LogP contribution in [-0.2, 0) is 0 Å². The van der Waals surface area contributed by atoms with Crippen molar-refractivity contribution in [2.75, 3.05) is 12.3 Å². The van der Waals surface area contributed by atoms with E-state index in [0.717, 1.165) is 18.0 Å². The molecular weight excluding hydrogens is 286 g/mol. The van der Waals surface area contributed by atoms with Gasteiger partial charge in [0, 0.05) is 15.5 Å². The van der Waals surface area contributed by atoms with Gasteiger partial charge < -0.3 is 10.1 Å². The normalized spacial score (nSPS) is 19.2. The Morgan fingerprint density at radius 3 is 3.00 bits per heavy atom. The van der Waals surface area contributed by atoms with Crippen molar-refractivity contribution >= 4 is 23.1 Å². The molecule has 2 aromatic rings. The average Bonchev–Trinajstić information content (AvgIpc) is 2.90.